The number of rotatable bonds is 4. The van der Waals surface area contributed by atoms with E-state index in [1.54, 1.807) is 34.8 Å². The Bertz CT molecular complexity index is 2620. The Hall–Kier alpha value is -5.13. The van der Waals surface area contributed by atoms with Crippen LogP contribution in [0, 0.1) is 11.6 Å². The highest BCUT2D eigenvalue weighted by Gasteiger charge is 2.25. The van der Waals surface area contributed by atoms with Crippen LogP contribution in [0.4, 0.5) is 30.7 Å². The largest absolute Gasteiger partial charge is 0.378 e. The SMILES string of the molecule is Cl.Fc1ccc2c3c([nH]c2c1)CCN(c1cc2sc(N4CCOCC4)nc2cn1)C3.Fc1ccc2c3c([nH]c2c1)CCN(c1cc2sc(N4CCOCC4)nc2cn1)C3. The van der Waals surface area contributed by atoms with Crippen molar-refractivity contribution in [2.24, 2.45) is 0 Å². The van der Waals surface area contributed by atoms with Crippen molar-refractivity contribution in [1.29, 1.82) is 0 Å². The molecule has 12 nitrogen and oxygen atoms in total. The Balaban J connectivity index is 0.000000140. The van der Waals surface area contributed by atoms with Gasteiger partial charge in [0.2, 0.25) is 0 Å². The lowest BCUT2D eigenvalue weighted by Gasteiger charge is -2.28. The van der Waals surface area contributed by atoms with Gasteiger partial charge in [0.1, 0.15) is 34.3 Å². The molecule has 304 valence electrons. The third-order valence-corrected chi connectivity index (χ3v) is 13.7. The summed E-state index contributed by atoms with van der Waals surface area (Å²) in [7, 11) is 0. The molecule has 0 bridgehead atoms. The predicted octanol–water partition coefficient (Wildman–Crippen LogP) is 7.84. The van der Waals surface area contributed by atoms with Gasteiger partial charge in [0.05, 0.1) is 48.2 Å². The second-order valence-corrected chi connectivity index (χ2v) is 17.1. The van der Waals surface area contributed by atoms with Gasteiger partial charge in [0.15, 0.2) is 10.3 Å². The van der Waals surface area contributed by atoms with Crippen LogP contribution in [0.2, 0.25) is 0 Å². The topological polar surface area (TPSA) is 115 Å². The number of morpholine rings is 2. The second-order valence-electron chi connectivity index (χ2n) is 15.1. The molecule has 10 heterocycles. The van der Waals surface area contributed by atoms with Gasteiger partial charge in [0, 0.05) is 122 Å². The molecule has 17 heteroatoms. The number of halogens is 3. The second kappa shape index (κ2) is 15.8. The molecule has 0 radical (unpaired) electrons. The number of ether oxygens (including phenoxy) is 2. The van der Waals surface area contributed by atoms with E-state index in [1.807, 2.05) is 24.5 Å². The normalized spacial score (nSPS) is 17.0. The number of hydrogen-bond acceptors (Lipinski definition) is 12. The molecule has 0 saturated carbocycles. The average Bonchev–Trinajstić information content (AvgIpc) is 4.05. The molecule has 2 aromatic carbocycles. The van der Waals surface area contributed by atoms with E-state index in [4.69, 9.17) is 29.4 Å². The maximum atomic E-state index is 13.6. The van der Waals surface area contributed by atoms with Gasteiger partial charge in [-0.3, -0.25) is 0 Å². The van der Waals surface area contributed by atoms with Gasteiger partial charge in [-0.25, -0.2) is 28.7 Å². The molecule has 2 saturated heterocycles. The van der Waals surface area contributed by atoms with E-state index in [-0.39, 0.29) is 24.0 Å². The van der Waals surface area contributed by atoms with Crippen molar-refractivity contribution in [3.8, 4) is 0 Å². The van der Waals surface area contributed by atoms with E-state index in [2.05, 4.69) is 41.7 Å². The van der Waals surface area contributed by atoms with Gasteiger partial charge < -0.3 is 39.0 Å². The number of aromatic nitrogens is 6. The summed E-state index contributed by atoms with van der Waals surface area (Å²) < 4.78 is 40.3. The molecule has 0 unspecified atom stereocenters. The molecule has 0 aliphatic carbocycles. The van der Waals surface area contributed by atoms with Gasteiger partial charge in [-0.05, 0) is 36.4 Å². The number of H-pyrrole nitrogens is 2. The maximum Gasteiger partial charge on any atom is 0.186 e. The molecule has 6 aromatic heterocycles. The number of nitrogens with zero attached hydrogens (tertiary/aromatic N) is 8. The van der Waals surface area contributed by atoms with Crippen molar-refractivity contribution in [2.75, 3.05) is 85.3 Å². The zero-order valence-corrected chi connectivity index (χ0v) is 34.5. The first-order chi connectivity index (χ1) is 28.5. The number of anilines is 4. The zero-order chi connectivity index (χ0) is 38.7. The molecule has 4 aliphatic heterocycles. The molecular weight excluding hydrogens is 814 g/mol. The summed E-state index contributed by atoms with van der Waals surface area (Å²) in [6.45, 7) is 9.87. The van der Waals surface area contributed by atoms with Crippen LogP contribution in [-0.2, 0) is 35.4 Å². The summed E-state index contributed by atoms with van der Waals surface area (Å²) in [6.07, 6.45) is 5.55. The van der Waals surface area contributed by atoms with Crippen LogP contribution in [0.15, 0.2) is 60.9 Å². The van der Waals surface area contributed by atoms with Crippen LogP contribution in [0.5, 0.6) is 0 Å². The molecule has 0 spiro atoms. The molecule has 4 aliphatic rings. The molecule has 59 heavy (non-hydrogen) atoms. The predicted molar refractivity (Wildman–Crippen MR) is 234 cm³/mol. The first kappa shape index (κ1) is 38.1. The van der Waals surface area contributed by atoms with Crippen molar-refractivity contribution in [3.05, 3.63) is 95.1 Å². The van der Waals surface area contributed by atoms with Crippen LogP contribution in [0.3, 0.4) is 0 Å². The summed E-state index contributed by atoms with van der Waals surface area (Å²) in [6, 6.07) is 14.3. The monoisotopic (exact) mass is 854 g/mol. The fourth-order valence-electron chi connectivity index (χ4n) is 8.52. The smallest absolute Gasteiger partial charge is 0.186 e. The number of pyridine rings is 2. The first-order valence-electron chi connectivity index (χ1n) is 19.8. The minimum Gasteiger partial charge on any atom is -0.378 e. The van der Waals surface area contributed by atoms with Gasteiger partial charge in [-0.1, -0.05) is 22.7 Å². The van der Waals surface area contributed by atoms with Gasteiger partial charge in [0.25, 0.3) is 0 Å². The lowest BCUT2D eigenvalue weighted by Crippen LogP contribution is -2.36. The molecular formula is C42H41ClF2N10O2S2. The summed E-state index contributed by atoms with van der Waals surface area (Å²) >= 11 is 3.44. The fourth-order valence-corrected chi connectivity index (χ4v) is 10.6. The summed E-state index contributed by atoms with van der Waals surface area (Å²) in [5, 5.41) is 4.28. The van der Waals surface area contributed by atoms with Crippen LogP contribution >= 0.6 is 35.1 Å². The Morgan fingerprint density at radius 1 is 0.559 bits per heavy atom. The van der Waals surface area contributed by atoms with Crippen molar-refractivity contribution in [1.82, 2.24) is 29.9 Å². The number of aromatic amines is 2. The fraction of sp³-hybridized carbons (Fsp3) is 0.333. The minimum absolute atomic E-state index is 0. The molecule has 12 rings (SSSR count). The van der Waals surface area contributed by atoms with E-state index in [0.717, 1.165) is 156 Å². The number of nitrogens with one attached hydrogen (secondary N) is 2. The van der Waals surface area contributed by atoms with Crippen LogP contribution in [-0.4, -0.2) is 95.6 Å². The Kier molecular flexibility index (Phi) is 10.2. The third kappa shape index (κ3) is 7.30. The van der Waals surface area contributed by atoms with Gasteiger partial charge in [-0.15, -0.1) is 12.4 Å². The minimum atomic E-state index is -0.207. The van der Waals surface area contributed by atoms with E-state index in [9.17, 15) is 8.78 Å². The van der Waals surface area contributed by atoms with Crippen molar-refractivity contribution < 1.29 is 18.3 Å². The Morgan fingerprint density at radius 2 is 1.00 bits per heavy atom. The molecule has 2 N–H and O–H groups in total. The zero-order valence-electron chi connectivity index (χ0n) is 32.0. The number of fused-ring (bicyclic) bond motifs is 8. The van der Waals surface area contributed by atoms with E-state index >= 15 is 0 Å². The quantitative estimate of drug-likeness (QED) is 0.182. The molecule has 2 fully saturated rings. The summed E-state index contributed by atoms with van der Waals surface area (Å²) in [4.78, 5) is 34.9. The standard InChI is InChI=1S/2C21H20FN5OS.ClH/c2*22-13-1-2-14-15-12-27(4-3-16(15)24-17(14)9-13)20-10-19-18(11-23-20)25-21(29-19)26-5-7-28-8-6-26;/h2*1-2,9-11,24H,3-8,12H2;1H. The summed E-state index contributed by atoms with van der Waals surface area (Å²) in [5.41, 5.74) is 8.53. The Morgan fingerprint density at radius 3 is 1.44 bits per heavy atom. The lowest BCUT2D eigenvalue weighted by molar-refractivity contribution is 0.122. The van der Waals surface area contributed by atoms with E-state index < -0.39 is 0 Å². The van der Waals surface area contributed by atoms with Crippen molar-refractivity contribution >= 4 is 99.2 Å². The average molecular weight is 855 g/mol. The lowest BCUT2D eigenvalue weighted by atomic mass is 10.0. The van der Waals surface area contributed by atoms with E-state index in [0.29, 0.717) is 0 Å². The highest BCUT2D eigenvalue weighted by molar-refractivity contribution is 7.22. The Labute approximate surface area is 352 Å². The number of benzene rings is 2. The van der Waals surface area contributed by atoms with Crippen molar-refractivity contribution in [2.45, 2.75) is 25.9 Å². The third-order valence-electron chi connectivity index (χ3n) is 11.6. The maximum absolute atomic E-state index is 13.6. The number of hydrogen-bond donors (Lipinski definition) is 2. The first-order valence-corrected chi connectivity index (χ1v) is 21.4. The molecule has 8 aromatic rings. The van der Waals surface area contributed by atoms with Crippen LogP contribution in [0.1, 0.15) is 22.5 Å². The molecule has 0 amide bonds. The van der Waals surface area contributed by atoms with Gasteiger partial charge >= 0.3 is 0 Å². The van der Waals surface area contributed by atoms with Crippen LogP contribution < -0.4 is 19.6 Å². The van der Waals surface area contributed by atoms with Gasteiger partial charge in [-0.2, -0.15) is 0 Å². The highest BCUT2D eigenvalue weighted by atomic mass is 35.5. The molecule has 0 atom stereocenters. The number of thiazole rings is 2. The summed E-state index contributed by atoms with van der Waals surface area (Å²) in [5.74, 6) is 1.52. The van der Waals surface area contributed by atoms with E-state index in [1.165, 1.54) is 34.6 Å². The highest BCUT2D eigenvalue weighted by Crippen LogP contribution is 2.36. The van der Waals surface area contributed by atoms with Crippen molar-refractivity contribution in [3.63, 3.8) is 0 Å². The van der Waals surface area contributed by atoms with Crippen LogP contribution in [0.25, 0.3) is 42.2 Å².